The second-order valence-corrected chi connectivity index (χ2v) is 5.21. The van der Waals surface area contributed by atoms with Crippen molar-refractivity contribution in [3.8, 4) is 0 Å². The first-order valence-electron chi connectivity index (χ1n) is 6.77. The molecule has 2 heterocycles. The highest BCUT2D eigenvalue weighted by Gasteiger charge is 2.15. The zero-order valence-corrected chi connectivity index (χ0v) is 11.9. The number of carboxylic acid groups (broad SMARTS) is 1. The third-order valence-electron chi connectivity index (χ3n) is 3.47. The molecule has 0 saturated heterocycles. The summed E-state index contributed by atoms with van der Waals surface area (Å²) in [6, 6.07) is 7.69. The van der Waals surface area contributed by atoms with Crippen molar-refractivity contribution in [2.45, 2.75) is 26.4 Å². The summed E-state index contributed by atoms with van der Waals surface area (Å²) >= 11 is 0. The van der Waals surface area contributed by atoms with E-state index in [0.29, 0.717) is 12.1 Å². The lowest BCUT2D eigenvalue weighted by molar-refractivity contribution is 0.0699. The first-order valence-corrected chi connectivity index (χ1v) is 6.77. The lowest BCUT2D eigenvalue weighted by Gasteiger charge is -2.10. The van der Waals surface area contributed by atoms with Crippen LogP contribution in [0, 0.1) is 0 Å². The van der Waals surface area contributed by atoms with Crippen LogP contribution in [0.15, 0.2) is 36.8 Å². The van der Waals surface area contributed by atoms with Crippen molar-refractivity contribution in [2.24, 2.45) is 0 Å². The summed E-state index contributed by atoms with van der Waals surface area (Å²) in [5.74, 6) is -0.113. The van der Waals surface area contributed by atoms with Gasteiger partial charge in [0.1, 0.15) is 12.2 Å². The van der Waals surface area contributed by atoms with Gasteiger partial charge in [0, 0.05) is 23.1 Å². The monoisotopic (exact) mass is 284 g/mol. The average Bonchev–Trinajstić information content (AvgIpc) is 3.04. The molecule has 0 aliphatic rings. The van der Waals surface area contributed by atoms with Crippen molar-refractivity contribution in [1.29, 1.82) is 0 Å². The Bertz CT molecular complexity index is 801. The van der Waals surface area contributed by atoms with Gasteiger partial charge in [-0.2, -0.15) is 5.10 Å². The molecule has 0 amide bonds. The Morgan fingerprint density at radius 3 is 2.81 bits per heavy atom. The normalized spacial score (nSPS) is 11.4. The van der Waals surface area contributed by atoms with Gasteiger partial charge in [-0.25, -0.2) is 14.5 Å². The van der Waals surface area contributed by atoms with E-state index in [1.54, 1.807) is 6.20 Å². The molecule has 0 fully saturated rings. The number of carbonyl (C=O) groups is 1. The molecule has 0 bridgehead atoms. The lowest BCUT2D eigenvalue weighted by atomic mass is 10.2. The summed E-state index contributed by atoms with van der Waals surface area (Å²) in [6.45, 7) is 4.56. The lowest BCUT2D eigenvalue weighted by Crippen LogP contribution is -2.11. The van der Waals surface area contributed by atoms with Gasteiger partial charge in [-0.1, -0.05) is 18.2 Å². The van der Waals surface area contributed by atoms with Crippen LogP contribution in [-0.4, -0.2) is 30.4 Å². The second-order valence-electron chi connectivity index (χ2n) is 5.21. The number of carboxylic acids is 1. The number of benzene rings is 1. The van der Waals surface area contributed by atoms with E-state index < -0.39 is 5.97 Å². The minimum absolute atomic E-state index is 0.211. The summed E-state index contributed by atoms with van der Waals surface area (Å²) in [4.78, 5) is 15.6. The van der Waals surface area contributed by atoms with Gasteiger partial charge in [-0.15, -0.1) is 0 Å². The van der Waals surface area contributed by atoms with Crippen molar-refractivity contribution >= 4 is 16.9 Å². The van der Waals surface area contributed by atoms with Crippen LogP contribution in [0.2, 0.25) is 0 Å². The van der Waals surface area contributed by atoms with E-state index in [-0.39, 0.29) is 6.04 Å². The molecule has 6 heteroatoms. The number of rotatable bonds is 4. The molecule has 1 aromatic carbocycles. The fourth-order valence-corrected chi connectivity index (χ4v) is 2.52. The van der Waals surface area contributed by atoms with Gasteiger partial charge >= 0.3 is 5.97 Å². The topological polar surface area (TPSA) is 72.9 Å². The molecule has 0 saturated carbocycles. The van der Waals surface area contributed by atoms with Crippen LogP contribution >= 0.6 is 0 Å². The quantitative estimate of drug-likeness (QED) is 0.799. The van der Waals surface area contributed by atoms with Gasteiger partial charge in [0.15, 0.2) is 0 Å². The molecule has 0 radical (unpaired) electrons. The van der Waals surface area contributed by atoms with E-state index in [2.05, 4.69) is 10.1 Å². The third kappa shape index (κ3) is 2.29. The van der Waals surface area contributed by atoms with Crippen molar-refractivity contribution in [3.05, 3.63) is 48.2 Å². The van der Waals surface area contributed by atoms with E-state index in [0.717, 1.165) is 16.7 Å². The Morgan fingerprint density at radius 1 is 1.33 bits per heavy atom. The number of hydrogen-bond donors (Lipinski definition) is 1. The molecule has 0 aliphatic heterocycles. The zero-order chi connectivity index (χ0) is 15.0. The molecule has 21 heavy (non-hydrogen) atoms. The molecular formula is C15H16N4O2. The van der Waals surface area contributed by atoms with Crippen molar-refractivity contribution in [2.75, 3.05) is 0 Å². The van der Waals surface area contributed by atoms with Crippen LogP contribution in [0.25, 0.3) is 10.9 Å². The SMILES string of the molecule is CC(C)n1ncnc1Cn1cc(C(=O)O)c2ccccc21. The highest BCUT2D eigenvalue weighted by atomic mass is 16.4. The number of hydrogen-bond acceptors (Lipinski definition) is 3. The highest BCUT2D eigenvalue weighted by Crippen LogP contribution is 2.22. The molecular weight excluding hydrogens is 268 g/mol. The third-order valence-corrected chi connectivity index (χ3v) is 3.47. The fourth-order valence-electron chi connectivity index (χ4n) is 2.52. The summed E-state index contributed by atoms with van der Waals surface area (Å²) in [6.07, 6.45) is 3.19. The Labute approximate surface area is 121 Å². The number of para-hydroxylation sites is 1. The van der Waals surface area contributed by atoms with E-state index >= 15 is 0 Å². The summed E-state index contributed by atoms with van der Waals surface area (Å²) < 4.78 is 3.75. The van der Waals surface area contributed by atoms with Gasteiger partial charge in [-0.05, 0) is 19.9 Å². The Hall–Kier alpha value is -2.63. The van der Waals surface area contributed by atoms with Gasteiger partial charge < -0.3 is 9.67 Å². The highest BCUT2D eigenvalue weighted by molar-refractivity contribution is 6.03. The first kappa shape index (κ1) is 13.4. The molecule has 0 aliphatic carbocycles. The van der Waals surface area contributed by atoms with Gasteiger partial charge in [0.2, 0.25) is 0 Å². The predicted molar refractivity (Wildman–Crippen MR) is 78.4 cm³/mol. The molecule has 0 spiro atoms. The van der Waals surface area contributed by atoms with Gasteiger partial charge in [-0.3, -0.25) is 0 Å². The number of aromatic nitrogens is 4. The van der Waals surface area contributed by atoms with Crippen LogP contribution in [0.3, 0.4) is 0 Å². The predicted octanol–water partition coefficient (Wildman–Crippen LogP) is 2.56. The fraction of sp³-hybridized carbons (Fsp3) is 0.267. The molecule has 3 rings (SSSR count). The zero-order valence-electron chi connectivity index (χ0n) is 11.9. The van der Waals surface area contributed by atoms with Crippen LogP contribution in [0.4, 0.5) is 0 Å². The molecule has 6 nitrogen and oxygen atoms in total. The van der Waals surface area contributed by atoms with Crippen LogP contribution in [0.5, 0.6) is 0 Å². The molecule has 2 aromatic heterocycles. The first-order chi connectivity index (χ1) is 10.1. The van der Waals surface area contributed by atoms with Gasteiger partial charge in [0.25, 0.3) is 0 Å². The summed E-state index contributed by atoms with van der Waals surface area (Å²) in [5.41, 5.74) is 1.19. The average molecular weight is 284 g/mol. The van der Waals surface area contributed by atoms with E-state index in [1.165, 1.54) is 6.33 Å². The Morgan fingerprint density at radius 2 is 2.10 bits per heavy atom. The van der Waals surface area contributed by atoms with E-state index in [1.807, 2.05) is 47.4 Å². The van der Waals surface area contributed by atoms with Crippen LogP contribution in [-0.2, 0) is 6.54 Å². The maximum atomic E-state index is 11.4. The number of fused-ring (bicyclic) bond motifs is 1. The summed E-state index contributed by atoms with van der Waals surface area (Å²) in [5, 5.41) is 14.3. The minimum atomic E-state index is -0.921. The standard InChI is InChI=1S/C15H16N4O2/c1-10(2)19-14(16-9-17-19)8-18-7-12(15(20)21)11-5-3-4-6-13(11)18/h3-7,9-10H,8H2,1-2H3,(H,20,21). The van der Waals surface area contributed by atoms with Crippen LogP contribution in [0.1, 0.15) is 36.1 Å². The number of aromatic carboxylic acids is 1. The van der Waals surface area contributed by atoms with Crippen molar-refractivity contribution < 1.29 is 9.90 Å². The van der Waals surface area contributed by atoms with Crippen LogP contribution < -0.4 is 0 Å². The molecule has 0 atom stereocenters. The maximum absolute atomic E-state index is 11.4. The smallest absolute Gasteiger partial charge is 0.337 e. The number of nitrogens with zero attached hydrogens (tertiary/aromatic N) is 4. The van der Waals surface area contributed by atoms with Gasteiger partial charge in [0.05, 0.1) is 12.1 Å². The summed E-state index contributed by atoms with van der Waals surface area (Å²) in [7, 11) is 0. The molecule has 3 aromatic rings. The minimum Gasteiger partial charge on any atom is -0.478 e. The van der Waals surface area contributed by atoms with Crippen molar-refractivity contribution in [1.82, 2.24) is 19.3 Å². The molecule has 1 N–H and O–H groups in total. The largest absolute Gasteiger partial charge is 0.478 e. The maximum Gasteiger partial charge on any atom is 0.337 e. The molecule has 0 unspecified atom stereocenters. The Kier molecular flexibility index (Phi) is 3.21. The second kappa shape index (κ2) is 5.05. The molecule has 108 valence electrons. The van der Waals surface area contributed by atoms with E-state index in [9.17, 15) is 9.90 Å². The van der Waals surface area contributed by atoms with E-state index in [4.69, 9.17) is 0 Å². The Balaban J connectivity index is 2.09. The van der Waals surface area contributed by atoms with Crippen molar-refractivity contribution in [3.63, 3.8) is 0 Å².